The Hall–Kier alpha value is -1.56. The third kappa shape index (κ3) is 2.80. The molecule has 6 heteroatoms. The highest BCUT2D eigenvalue weighted by Crippen LogP contribution is 2.27. The van der Waals surface area contributed by atoms with Gasteiger partial charge >= 0.3 is 0 Å². The van der Waals surface area contributed by atoms with Crippen molar-refractivity contribution in [3.63, 3.8) is 0 Å². The summed E-state index contributed by atoms with van der Waals surface area (Å²) in [5.41, 5.74) is 1.18. The second kappa shape index (κ2) is 5.83. The van der Waals surface area contributed by atoms with Gasteiger partial charge in [-0.05, 0) is 19.4 Å². The Morgan fingerprint density at radius 3 is 2.80 bits per heavy atom. The molecule has 1 amide bonds. The topological polar surface area (TPSA) is 63.5 Å². The van der Waals surface area contributed by atoms with Crippen molar-refractivity contribution in [1.29, 1.82) is 0 Å². The number of non-ortho nitro benzene ring substituents is 1. The Morgan fingerprint density at radius 2 is 2.15 bits per heavy atom. The molecule has 1 heterocycles. The molecule has 1 fully saturated rings. The van der Waals surface area contributed by atoms with Crippen molar-refractivity contribution in [1.82, 2.24) is 4.90 Å². The van der Waals surface area contributed by atoms with Gasteiger partial charge in [0, 0.05) is 41.3 Å². The lowest BCUT2D eigenvalue weighted by atomic mass is 10.0. The van der Waals surface area contributed by atoms with Crippen molar-refractivity contribution < 1.29 is 9.72 Å². The van der Waals surface area contributed by atoms with Crippen molar-refractivity contribution in [2.24, 2.45) is 0 Å². The van der Waals surface area contributed by atoms with E-state index >= 15 is 0 Å². The molecule has 1 aromatic rings. The zero-order valence-electron chi connectivity index (χ0n) is 11.8. The lowest BCUT2D eigenvalue weighted by Gasteiger charge is -2.37. The Kier molecular flexibility index (Phi) is 4.32. The van der Waals surface area contributed by atoms with Gasteiger partial charge in [-0.3, -0.25) is 14.9 Å². The van der Waals surface area contributed by atoms with Gasteiger partial charge in [0.15, 0.2) is 0 Å². The zero-order valence-corrected chi connectivity index (χ0v) is 12.6. The molecule has 2 unspecified atom stereocenters. The van der Waals surface area contributed by atoms with Crippen LogP contribution in [0.15, 0.2) is 18.2 Å². The summed E-state index contributed by atoms with van der Waals surface area (Å²) >= 11 is 1.85. The largest absolute Gasteiger partial charge is 0.334 e. The number of carbonyl (C=O) groups is 1. The van der Waals surface area contributed by atoms with E-state index < -0.39 is 4.92 Å². The van der Waals surface area contributed by atoms with Crippen LogP contribution in [0.4, 0.5) is 5.69 Å². The number of hydrogen-bond acceptors (Lipinski definition) is 4. The number of hydrogen-bond donors (Lipinski definition) is 0. The number of nitro groups is 1. The fourth-order valence-corrected chi connectivity index (χ4v) is 3.43. The van der Waals surface area contributed by atoms with Crippen LogP contribution in [-0.2, 0) is 0 Å². The minimum atomic E-state index is -0.464. The van der Waals surface area contributed by atoms with Crippen molar-refractivity contribution in [2.45, 2.75) is 32.1 Å². The summed E-state index contributed by atoms with van der Waals surface area (Å²) in [4.78, 5) is 24.9. The van der Waals surface area contributed by atoms with Crippen molar-refractivity contribution in [3.05, 3.63) is 39.4 Å². The lowest BCUT2D eigenvalue weighted by Crippen LogP contribution is -2.48. The maximum atomic E-state index is 12.6. The van der Waals surface area contributed by atoms with Crippen LogP contribution in [0.2, 0.25) is 0 Å². The molecule has 1 aliphatic heterocycles. The van der Waals surface area contributed by atoms with E-state index in [1.165, 1.54) is 12.1 Å². The molecule has 2 rings (SSSR count). The molecule has 0 aliphatic carbocycles. The number of rotatable bonds is 2. The smallest absolute Gasteiger partial charge is 0.270 e. The number of aryl methyl sites for hydroxylation is 1. The minimum Gasteiger partial charge on any atom is -0.334 e. The van der Waals surface area contributed by atoms with Crippen molar-refractivity contribution in [3.8, 4) is 0 Å². The van der Waals surface area contributed by atoms with Crippen LogP contribution >= 0.6 is 11.8 Å². The summed E-state index contributed by atoms with van der Waals surface area (Å²) in [5, 5.41) is 11.2. The zero-order chi connectivity index (χ0) is 14.9. The van der Waals surface area contributed by atoms with Gasteiger partial charge in [-0.1, -0.05) is 13.0 Å². The first kappa shape index (κ1) is 14.8. The molecule has 0 radical (unpaired) electrons. The van der Waals surface area contributed by atoms with Crippen molar-refractivity contribution >= 4 is 23.4 Å². The molecule has 2 atom stereocenters. The lowest BCUT2D eigenvalue weighted by molar-refractivity contribution is -0.384. The van der Waals surface area contributed by atoms with E-state index in [-0.39, 0.29) is 17.6 Å². The molecule has 1 saturated heterocycles. The Balaban J connectivity index is 2.33. The number of nitro benzene ring substituents is 1. The molecule has 1 aromatic carbocycles. The molecule has 1 aliphatic rings. The molecule has 0 aromatic heterocycles. The van der Waals surface area contributed by atoms with Crippen LogP contribution in [0, 0.1) is 17.0 Å². The Bertz CT molecular complexity index is 547. The molecule has 0 spiro atoms. The summed E-state index contributed by atoms with van der Waals surface area (Å²) in [5.74, 6) is 0.802. The average molecular weight is 294 g/mol. The van der Waals surface area contributed by atoms with Crippen LogP contribution in [0.1, 0.15) is 29.8 Å². The normalized spacial score (nSPS) is 22.6. The quantitative estimate of drug-likeness (QED) is 0.621. The number of amides is 1. The van der Waals surface area contributed by atoms with E-state index in [2.05, 4.69) is 6.92 Å². The van der Waals surface area contributed by atoms with Crippen LogP contribution in [0.25, 0.3) is 0 Å². The molecule has 20 heavy (non-hydrogen) atoms. The van der Waals surface area contributed by atoms with E-state index in [1.807, 2.05) is 30.5 Å². The van der Waals surface area contributed by atoms with Crippen LogP contribution < -0.4 is 0 Å². The van der Waals surface area contributed by atoms with Crippen LogP contribution in [0.3, 0.4) is 0 Å². The van der Waals surface area contributed by atoms with Gasteiger partial charge in [-0.25, -0.2) is 0 Å². The molecule has 0 bridgehead atoms. The number of benzene rings is 1. The SMILES string of the molecule is Cc1ccc([N+](=O)[O-])cc1C(=O)N1CCSC(C)C1C. The van der Waals surface area contributed by atoms with E-state index in [1.54, 1.807) is 6.07 Å². The highest BCUT2D eigenvalue weighted by molar-refractivity contribution is 8.00. The second-order valence-electron chi connectivity index (χ2n) is 5.07. The first-order valence-corrected chi connectivity index (χ1v) is 7.64. The maximum Gasteiger partial charge on any atom is 0.270 e. The summed E-state index contributed by atoms with van der Waals surface area (Å²) < 4.78 is 0. The van der Waals surface area contributed by atoms with Gasteiger partial charge < -0.3 is 4.90 Å². The summed E-state index contributed by atoms with van der Waals surface area (Å²) in [6.07, 6.45) is 0. The fraction of sp³-hybridized carbons (Fsp3) is 0.500. The third-order valence-corrected chi connectivity index (χ3v) is 5.15. The predicted molar refractivity (Wildman–Crippen MR) is 80.3 cm³/mol. The van der Waals surface area contributed by atoms with Gasteiger partial charge in [0.25, 0.3) is 11.6 Å². The number of thioether (sulfide) groups is 1. The molecular formula is C14H18N2O3S. The van der Waals surface area contributed by atoms with Gasteiger partial charge in [0.1, 0.15) is 0 Å². The first-order chi connectivity index (χ1) is 9.41. The standard InChI is InChI=1S/C14H18N2O3S/c1-9-4-5-12(16(18)19)8-13(9)14(17)15-6-7-20-11(3)10(15)2/h4-5,8,10-11H,6-7H2,1-3H3. The molecule has 0 N–H and O–H groups in total. The van der Waals surface area contributed by atoms with E-state index in [0.717, 1.165) is 11.3 Å². The molecule has 0 saturated carbocycles. The minimum absolute atomic E-state index is 0.0361. The van der Waals surface area contributed by atoms with E-state index in [0.29, 0.717) is 17.4 Å². The monoisotopic (exact) mass is 294 g/mol. The van der Waals surface area contributed by atoms with Gasteiger partial charge in [-0.2, -0.15) is 11.8 Å². The number of carbonyl (C=O) groups excluding carboxylic acids is 1. The molecule has 5 nitrogen and oxygen atoms in total. The average Bonchev–Trinajstić information content (AvgIpc) is 2.41. The highest BCUT2D eigenvalue weighted by atomic mass is 32.2. The maximum absolute atomic E-state index is 12.6. The molecular weight excluding hydrogens is 276 g/mol. The molecule has 108 valence electrons. The Morgan fingerprint density at radius 1 is 1.45 bits per heavy atom. The van der Waals surface area contributed by atoms with Crippen molar-refractivity contribution in [2.75, 3.05) is 12.3 Å². The summed E-state index contributed by atoms with van der Waals surface area (Å²) in [6.45, 7) is 6.64. The van der Waals surface area contributed by atoms with E-state index in [9.17, 15) is 14.9 Å². The van der Waals surface area contributed by atoms with Crippen LogP contribution in [0.5, 0.6) is 0 Å². The first-order valence-electron chi connectivity index (χ1n) is 6.59. The third-order valence-electron chi connectivity index (χ3n) is 3.81. The van der Waals surface area contributed by atoms with Gasteiger partial charge in [0.2, 0.25) is 0 Å². The summed E-state index contributed by atoms with van der Waals surface area (Å²) in [6, 6.07) is 4.60. The number of nitrogens with zero attached hydrogens (tertiary/aromatic N) is 2. The fourth-order valence-electron chi connectivity index (χ4n) is 2.33. The summed E-state index contributed by atoms with van der Waals surface area (Å²) in [7, 11) is 0. The van der Waals surface area contributed by atoms with E-state index in [4.69, 9.17) is 0 Å². The predicted octanol–water partition coefficient (Wildman–Crippen LogP) is 2.87. The second-order valence-corrected chi connectivity index (χ2v) is 6.56. The van der Waals surface area contributed by atoms with Crippen LogP contribution in [-0.4, -0.2) is 39.3 Å². The van der Waals surface area contributed by atoms with Gasteiger partial charge in [-0.15, -0.1) is 0 Å². The van der Waals surface area contributed by atoms with Gasteiger partial charge in [0.05, 0.1) is 4.92 Å². The Labute approximate surface area is 122 Å². The highest BCUT2D eigenvalue weighted by Gasteiger charge is 2.30.